The summed E-state index contributed by atoms with van der Waals surface area (Å²) in [6, 6.07) is 9.75. The summed E-state index contributed by atoms with van der Waals surface area (Å²) < 4.78 is 0.870. The molecular formula is C15H12BrIN4O5S. The van der Waals surface area contributed by atoms with Gasteiger partial charge in [-0.2, -0.15) is 0 Å². The number of amidine groups is 1. The lowest BCUT2D eigenvalue weighted by molar-refractivity contribution is -0.394. The van der Waals surface area contributed by atoms with Crippen molar-refractivity contribution < 1.29 is 14.6 Å². The monoisotopic (exact) mass is 566 g/mol. The highest BCUT2D eigenvalue weighted by Crippen LogP contribution is 2.23. The minimum Gasteiger partial charge on any atom is -0.301 e. The van der Waals surface area contributed by atoms with Gasteiger partial charge in [-0.05, 0) is 30.5 Å². The van der Waals surface area contributed by atoms with Gasteiger partial charge in [0.1, 0.15) is 0 Å². The number of nitrogens with one attached hydrogen (secondary N) is 1. The topological polar surface area (TPSA) is 128 Å². The van der Waals surface area contributed by atoms with Crippen molar-refractivity contribution in [2.75, 3.05) is 6.26 Å². The van der Waals surface area contributed by atoms with E-state index in [4.69, 9.17) is 0 Å². The summed E-state index contributed by atoms with van der Waals surface area (Å²) in [6.45, 7) is 0. The quantitative estimate of drug-likeness (QED) is 0.188. The van der Waals surface area contributed by atoms with E-state index >= 15 is 0 Å². The van der Waals surface area contributed by atoms with Crippen LogP contribution in [0.25, 0.3) is 0 Å². The van der Waals surface area contributed by atoms with E-state index in [1.165, 1.54) is 0 Å². The first-order chi connectivity index (χ1) is 12.3. The van der Waals surface area contributed by atoms with Crippen molar-refractivity contribution in [2.24, 2.45) is 4.99 Å². The van der Waals surface area contributed by atoms with Crippen molar-refractivity contribution in [1.82, 2.24) is 5.32 Å². The number of nitro benzene ring substituents is 2. The molecule has 0 aliphatic carbocycles. The second-order valence-electron chi connectivity index (χ2n) is 4.80. The van der Waals surface area contributed by atoms with Crippen molar-refractivity contribution in [3.05, 3.63) is 72.7 Å². The Labute approximate surface area is 183 Å². The number of carbonyl (C=O) groups is 1. The smallest absolute Gasteiger partial charge is 0.277 e. The van der Waals surface area contributed by atoms with Gasteiger partial charge in [0.05, 0.1) is 27.2 Å². The van der Waals surface area contributed by atoms with Gasteiger partial charge in [-0.15, -0.1) is 24.0 Å². The fourth-order valence-electron chi connectivity index (χ4n) is 1.86. The second-order valence-corrected chi connectivity index (χ2v) is 6.51. The first-order valence-corrected chi connectivity index (χ1v) is 8.95. The molecule has 1 N–H and O–H groups in total. The van der Waals surface area contributed by atoms with Crippen LogP contribution < -0.4 is 5.32 Å². The molecule has 142 valence electrons. The highest BCUT2D eigenvalue weighted by Gasteiger charge is 2.20. The van der Waals surface area contributed by atoms with Gasteiger partial charge in [0.2, 0.25) is 0 Å². The molecule has 2 rings (SSSR count). The molecule has 0 unspecified atom stereocenters. The maximum absolute atomic E-state index is 12.3. The molecule has 0 aliphatic rings. The third-order valence-electron chi connectivity index (χ3n) is 3.06. The van der Waals surface area contributed by atoms with E-state index in [-0.39, 0.29) is 34.7 Å². The zero-order valence-electron chi connectivity index (χ0n) is 13.6. The van der Waals surface area contributed by atoms with E-state index in [2.05, 4.69) is 26.2 Å². The lowest BCUT2D eigenvalue weighted by Gasteiger charge is -2.07. The van der Waals surface area contributed by atoms with Crippen LogP contribution in [-0.2, 0) is 0 Å². The Bertz CT molecular complexity index is 875. The number of hydrogen-bond donors (Lipinski definition) is 1. The number of amides is 1. The third-order valence-corrected chi connectivity index (χ3v) is 4.17. The summed E-state index contributed by atoms with van der Waals surface area (Å²) in [5, 5.41) is 24.6. The van der Waals surface area contributed by atoms with Crippen LogP contribution in [0.3, 0.4) is 0 Å². The molecule has 12 heteroatoms. The van der Waals surface area contributed by atoms with Gasteiger partial charge in [-0.3, -0.25) is 25.0 Å². The average Bonchev–Trinajstić information content (AvgIpc) is 2.62. The van der Waals surface area contributed by atoms with Crippen LogP contribution in [0.15, 0.2) is 51.9 Å². The van der Waals surface area contributed by atoms with Crippen LogP contribution in [-0.4, -0.2) is 27.2 Å². The predicted molar refractivity (Wildman–Crippen MR) is 117 cm³/mol. The molecule has 27 heavy (non-hydrogen) atoms. The molecule has 2 aromatic rings. The zero-order chi connectivity index (χ0) is 19.3. The fourth-order valence-corrected chi connectivity index (χ4v) is 2.52. The Hall–Kier alpha value is -2.06. The lowest BCUT2D eigenvalue weighted by atomic mass is 10.1. The molecule has 9 nitrogen and oxygen atoms in total. The van der Waals surface area contributed by atoms with E-state index in [0.29, 0.717) is 5.69 Å². The standard InChI is InChI=1S/C15H11BrN4O5S.HI/c1-26-15(17-11-4-2-10(16)3-5-11)18-14(21)9-6-12(19(22)23)8-13(7-9)20(24)25;/h2-8H,1H3,(H,17,18,21);1H. The number of nitrogens with zero attached hydrogens (tertiary/aromatic N) is 3. The van der Waals surface area contributed by atoms with Gasteiger partial charge in [0.15, 0.2) is 5.17 Å². The molecule has 0 saturated heterocycles. The summed E-state index contributed by atoms with van der Waals surface area (Å²) >= 11 is 4.45. The van der Waals surface area contributed by atoms with Crippen molar-refractivity contribution in [3.63, 3.8) is 0 Å². The second kappa shape index (κ2) is 10.3. The molecule has 0 bridgehead atoms. The van der Waals surface area contributed by atoms with E-state index in [1.54, 1.807) is 30.5 Å². The third kappa shape index (κ3) is 6.55. The number of benzene rings is 2. The number of hydrogen-bond acceptors (Lipinski definition) is 7. The molecule has 0 fully saturated rings. The molecule has 0 radical (unpaired) electrons. The number of nitro groups is 2. The SMILES string of the molecule is CSC(=Nc1ccc(Br)cc1)NC(=O)c1cc([N+](=O)[O-])cc([N+](=O)[O-])c1.I. The van der Waals surface area contributed by atoms with Crippen LogP contribution in [0.2, 0.25) is 0 Å². The van der Waals surface area contributed by atoms with Crippen LogP contribution in [0.4, 0.5) is 17.1 Å². The van der Waals surface area contributed by atoms with Gasteiger partial charge in [0.25, 0.3) is 17.3 Å². The Balaban J connectivity index is 0.00000364. The lowest BCUT2D eigenvalue weighted by Crippen LogP contribution is -2.28. The number of carbonyl (C=O) groups excluding carboxylic acids is 1. The number of rotatable bonds is 4. The first-order valence-electron chi connectivity index (χ1n) is 6.93. The van der Waals surface area contributed by atoms with E-state index in [0.717, 1.165) is 34.4 Å². The molecule has 0 spiro atoms. The summed E-state index contributed by atoms with van der Waals surface area (Å²) in [5.74, 6) is -0.734. The van der Waals surface area contributed by atoms with Gasteiger partial charge in [-0.1, -0.05) is 27.7 Å². The van der Waals surface area contributed by atoms with Gasteiger partial charge in [-0.25, -0.2) is 4.99 Å². The van der Waals surface area contributed by atoms with E-state index in [9.17, 15) is 25.0 Å². The Morgan fingerprint density at radius 2 is 1.59 bits per heavy atom. The Kier molecular flexibility index (Phi) is 8.78. The summed E-state index contributed by atoms with van der Waals surface area (Å²) in [4.78, 5) is 36.8. The Morgan fingerprint density at radius 1 is 1.07 bits per heavy atom. The maximum atomic E-state index is 12.3. The first kappa shape index (κ1) is 23.0. The largest absolute Gasteiger partial charge is 0.301 e. The van der Waals surface area contributed by atoms with Gasteiger partial charge in [0, 0.05) is 16.6 Å². The fraction of sp³-hybridized carbons (Fsp3) is 0.0667. The summed E-state index contributed by atoms with van der Waals surface area (Å²) in [7, 11) is 0. The molecule has 0 aliphatic heterocycles. The molecular weight excluding hydrogens is 555 g/mol. The van der Waals surface area contributed by atoms with Crippen molar-refractivity contribution in [3.8, 4) is 0 Å². The number of aliphatic imine (C=N–C) groups is 1. The van der Waals surface area contributed by atoms with Crippen LogP contribution in [0.1, 0.15) is 10.4 Å². The zero-order valence-corrected chi connectivity index (χ0v) is 18.4. The van der Waals surface area contributed by atoms with Gasteiger partial charge < -0.3 is 5.32 Å². The molecule has 0 saturated carbocycles. The van der Waals surface area contributed by atoms with E-state index < -0.39 is 27.1 Å². The summed E-state index contributed by atoms with van der Waals surface area (Å²) in [6.07, 6.45) is 1.69. The Morgan fingerprint density at radius 3 is 2.04 bits per heavy atom. The number of non-ortho nitro benzene ring substituents is 2. The average molecular weight is 567 g/mol. The molecule has 1 amide bonds. The van der Waals surface area contributed by atoms with E-state index in [1.807, 2.05) is 0 Å². The van der Waals surface area contributed by atoms with Crippen LogP contribution in [0.5, 0.6) is 0 Å². The molecule has 2 aromatic carbocycles. The molecule has 0 heterocycles. The number of halogens is 2. The predicted octanol–water partition coefficient (Wildman–Crippen LogP) is 4.66. The van der Waals surface area contributed by atoms with Gasteiger partial charge >= 0.3 is 0 Å². The van der Waals surface area contributed by atoms with Crippen molar-refractivity contribution >= 4 is 79.8 Å². The highest BCUT2D eigenvalue weighted by molar-refractivity contribution is 14.0. The minimum atomic E-state index is -0.796. The molecule has 0 aromatic heterocycles. The van der Waals surface area contributed by atoms with Crippen molar-refractivity contribution in [2.45, 2.75) is 0 Å². The maximum Gasteiger partial charge on any atom is 0.277 e. The molecule has 0 atom stereocenters. The normalized spacial score (nSPS) is 10.7. The van der Waals surface area contributed by atoms with Crippen LogP contribution >= 0.6 is 51.7 Å². The minimum absolute atomic E-state index is 0. The number of thioether (sulfide) groups is 1. The summed E-state index contributed by atoms with van der Waals surface area (Å²) in [5.41, 5.74) is -0.703. The van der Waals surface area contributed by atoms with Crippen LogP contribution in [0, 0.1) is 20.2 Å². The highest BCUT2D eigenvalue weighted by atomic mass is 127. The van der Waals surface area contributed by atoms with Crippen molar-refractivity contribution in [1.29, 1.82) is 0 Å².